The van der Waals surface area contributed by atoms with Crippen molar-refractivity contribution in [3.63, 3.8) is 0 Å². The summed E-state index contributed by atoms with van der Waals surface area (Å²) in [5.41, 5.74) is 2.98. The normalized spacial score (nSPS) is 11.4. The summed E-state index contributed by atoms with van der Waals surface area (Å²) in [6.45, 7) is 0. The standard InChI is InChI=1S/C16H10N2O2/c19-7-10-6-17-14-4-2-9-1-3-13-12(15(9)16(10)14)5-11(8-20)18-13/h1-8,17-18H. The molecule has 0 aliphatic rings. The lowest BCUT2D eigenvalue weighted by Gasteiger charge is -2.02. The summed E-state index contributed by atoms with van der Waals surface area (Å²) in [7, 11) is 0. The molecule has 2 aromatic heterocycles. The molecule has 4 rings (SSSR count). The Kier molecular flexibility index (Phi) is 2.09. The Morgan fingerprint density at radius 1 is 0.900 bits per heavy atom. The summed E-state index contributed by atoms with van der Waals surface area (Å²) in [4.78, 5) is 28.4. The van der Waals surface area contributed by atoms with Crippen LogP contribution in [0.3, 0.4) is 0 Å². The van der Waals surface area contributed by atoms with Gasteiger partial charge in [0.25, 0.3) is 0 Å². The molecule has 4 heteroatoms. The highest BCUT2D eigenvalue weighted by atomic mass is 16.1. The summed E-state index contributed by atoms with van der Waals surface area (Å²) in [6, 6.07) is 9.73. The van der Waals surface area contributed by atoms with Crippen molar-refractivity contribution in [1.29, 1.82) is 0 Å². The van der Waals surface area contributed by atoms with E-state index < -0.39 is 0 Å². The van der Waals surface area contributed by atoms with Gasteiger partial charge in [0.2, 0.25) is 0 Å². The predicted octanol–water partition coefficient (Wildman–Crippen LogP) is 3.43. The van der Waals surface area contributed by atoms with E-state index in [0.29, 0.717) is 11.3 Å². The van der Waals surface area contributed by atoms with Crippen LogP contribution in [0.15, 0.2) is 36.5 Å². The minimum Gasteiger partial charge on any atom is -0.360 e. The molecular weight excluding hydrogens is 252 g/mol. The van der Waals surface area contributed by atoms with Crippen molar-refractivity contribution in [2.75, 3.05) is 0 Å². The molecule has 0 unspecified atom stereocenters. The van der Waals surface area contributed by atoms with E-state index in [0.717, 1.165) is 45.2 Å². The Balaban J connectivity index is 2.33. The Morgan fingerprint density at radius 3 is 2.45 bits per heavy atom. The molecule has 0 fully saturated rings. The van der Waals surface area contributed by atoms with Crippen LogP contribution in [-0.4, -0.2) is 22.5 Å². The lowest BCUT2D eigenvalue weighted by atomic mass is 10.0. The molecule has 0 aliphatic carbocycles. The molecule has 2 heterocycles. The number of carbonyl (C=O) groups is 2. The summed E-state index contributed by atoms with van der Waals surface area (Å²) in [6.07, 6.45) is 3.36. The third kappa shape index (κ3) is 1.30. The van der Waals surface area contributed by atoms with Crippen molar-refractivity contribution >= 4 is 45.2 Å². The molecule has 0 saturated carbocycles. The van der Waals surface area contributed by atoms with Crippen LogP contribution in [0.2, 0.25) is 0 Å². The molecule has 2 aromatic carbocycles. The fourth-order valence-corrected chi connectivity index (χ4v) is 2.86. The number of aromatic nitrogens is 2. The summed E-state index contributed by atoms with van der Waals surface area (Å²) in [5, 5.41) is 3.90. The van der Waals surface area contributed by atoms with E-state index in [1.165, 1.54) is 0 Å². The highest BCUT2D eigenvalue weighted by Crippen LogP contribution is 2.33. The maximum Gasteiger partial charge on any atom is 0.166 e. The van der Waals surface area contributed by atoms with E-state index in [9.17, 15) is 9.59 Å². The molecule has 96 valence electrons. The van der Waals surface area contributed by atoms with Gasteiger partial charge in [-0.05, 0) is 23.6 Å². The van der Waals surface area contributed by atoms with Crippen LogP contribution in [-0.2, 0) is 0 Å². The fraction of sp³-hybridized carbons (Fsp3) is 0. The second kappa shape index (κ2) is 3.81. The number of nitrogens with one attached hydrogen (secondary N) is 2. The van der Waals surface area contributed by atoms with E-state index in [2.05, 4.69) is 9.97 Å². The Labute approximate surface area is 113 Å². The lowest BCUT2D eigenvalue weighted by Crippen LogP contribution is -1.80. The highest BCUT2D eigenvalue weighted by Gasteiger charge is 2.11. The molecule has 0 aliphatic heterocycles. The lowest BCUT2D eigenvalue weighted by molar-refractivity contribution is 0.111. The number of carbonyl (C=O) groups excluding carboxylic acids is 2. The van der Waals surface area contributed by atoms with Crippen LogP contribution >= 0.6 is 0 Å². The smallest absolute Gasteiger partial charge is 0.166 e. The van der Waals surface area contributed by atoms with Gasteiger partial charge in [0.05, 0.1) is 5.69 Å². The molecule has 0 amide bonds. The average molecular weight is 262 g/mol. The van der Waals surface area contributed by atoms with Gasteiger partial charge < -0.3 is 9.97 Å². The number of fused-ring (bicyclic) bond motifs is 5. The molecule has 0 saturated heterocycles. The molecule has 2 N–H and O–H groups in total. The average Bonchev–Trinajstić information content (AvgIpc) is 3.09. The number of benzene rings is 2. The van der Waals surface area contributed by atoms with Gasteiger partial charge in [-0.3, -0.25) is 9.59 Å². The summed E-state index contributed by atoms with van der Waals surface area (Å²) in [5.74, 6) is 0. The van der Waals surface area contributed by atoms with E-state index in [1.807, 2.05) is 30.3 Å². The maximum atomic E-state index is 11.2. The van der Waals surface area contributed by atoms with Crippen LogP contribution in [0.25, 0.3) is 32.6 Å². The number of hydrogen-bond donors (Lipinski definition) is 2. The first-order valence-corrected chi connectivity index (χ1v) is 6.27. The topological polar surface area (TPSA) is 65.7 Å². The second-order valence-electron chi connectivity index (χ2n) is 4.82. The van der Waals surface area contributed by atoms with Crippen molar-refractivity contribution in [2.24, 2.45) is 0 Å². The highest BCUT2D eigenvalue weighted by molar-refractivity contribution is 6.23. The minimum atomic E-state index is 0.535. The quantitative estimate of drug-likeness (QED) is 0.543. The van der Waals surface area contributed by atoms with Crippen LogP contribution in [0.4, 0.5) is 0 Å². The van der Waals surface area contributed by atoms with Crippen molar-refractivity contribution in [3.8, 4) is 0 Å². The zero-order valence-corrected chi connectivity index (χ0v) is 10.4. The summed E-state index contributed by atoms with van der Waals surface area (Å²) < 4.78 is 0. The van der Waals surface area contributed by atoms with E-state index in [1.54, 1.807) is 6.20 Å². The molecule has 0 bridgehead atoms. The molecule has 4 aromatic rings. The van der Waals surface area contributed by atoms with Gasteiger partial charge in [-0.15, -0.1) is 0 Å². The van der Waals surface area contributed by atoms with Crippen LogP contribution in [0, 0.1) is 0 Å². The van der Waals surface area contributed by atoms with Gasteiger partial charge in [-0.1, -0.05) is 12.1 Å². The summed E-state index contributed by atoms with van der Waals surface area (Å²) >= 11 is 0. The van der Waals surface area contributed by atoms with Gasteiger partial charge in [-0.2, -0.15) is 0 Å². The minimum absolute atomic E-state index is 0.535. The van der Waals surface area contributed by atoms with Crippen LogP contribution in [0.5, 0.6) is 0 Å². The van der Waals surface area contributed by atoms with Gasteiger partial charge >= 0.3 is 0 Å². The molecule has 0 atom stereocenters. The third-order valence-electron chi connectivity index (χ3n) is 3.73. The Morgan fingerprint density at radius 2 is 1.70 bits per heavy atom. The second-order valence-corrected chi connectivity index (χ2v) is 4.82. The monoisotopic (exact) mass is 262 g/mol. The van der Waals surface area contributed by atoms with E-state index in [4.69, 9.17) is 0 Å². The molecule has 20 heavy (non-hydrogen) atoms. The van der Waals surface area contributed by atoms with Gasteiger partial charge in [0, 0.05) is 39.0 Å². The van der Waals surface area contributed by atoms with Crippen LogP contribution in [0.1, 0.15) is 20.8 Å². The first kappa shape index (κ1) is 11.0. The number of aromatic amines is 2. The number of hydrogen-bond acceptors (Lipinski definition) is 2. The van der Waals surface area contributed by atoms with Crippen molar-refractivity contribution < 1.29 is 9.59 Å². The molecular formula is C16H10N2O2. The van der Waals surface area contributed by atoms with Crippen molar-refractivity contribution in [1.82, 2.24) is 9.97 Å². The maximum absolute atomic E-state index is 11.2. The Bertz CT molecular complexity index is 992. The van der Waals surface area contributed by atoms with Crippen LogP contribution < -0.4 is 0 Å². The first-order valence-electron chi connectivity index (χ1n) is 6.27. The number of H-pyrrole nitrogens is 2. The van der Waals surface area contributed by atoms with Gasteiger partial charge in [0.1, 0.15) is 0 Å². The van der Waals surface area contributed by atoms with E-state index in [-0.39, 0.29) is 0 Å². The van der Waals surface area contributed by atoms with Gasteiger partial charge in [0.15, 0.2) is 12.6 Å². The third-order valence-corrected chi connectivity index (χ3v) is 3.73. The number of aldehydes is 2. The first-order chi connectivity index (χ1) is 9.81. The fourth-order valence-electron chi connectivity index (χ4n) is 2.86. The Hall–Kier alpha value is -2.88. The molecule has 4 nitrogen and oxygen atoms in total. The van der Waals surface area contributed by atoms with E-state index >= 15 is 0 Å². The van der Waals surface area contributed by atoms with Gasteiger partial charge in [-0.25, -0.2) is 0 Å². The predicted molar refractivity (Wildman–Crippen MR) is 78.4 cm³/mol. The zero-order chi connectivity index (χ0) is 13.7. The van der Waals surface area contributed by atoms with Crippen molar-refractivity contribution in [2.45, 2.75) is 0 Å². The zero-order valence-electron chi connectivity index (χ0n) is 10.4. The molecule has 0 radical (unpaired) electrons. The SMILES string of the molecule is O=Cc1cc2c(ccc3ccc4[nH]cc(C=O)c4c32)[nH]1. The number of rotatable bonds is 2. The molecule has 0 spiro atoms. The van der Waals surface area contributed by atoms with Crippen molar-refractivity contribution in [3.05, 3.63) is 47.8 Å². The largest absolute Gasteiger partial charge is 0.360 e.